The molecule has 0 unspecified atom stereocenters. The van der Waals surface area contributed by atoms with Gasteiger partial charge in [0.2, 0.25) is 5.91 Å². The van der Waals surface area contributed by atoms with Gasteiger partial charge in [0, 0.05) is 18.5 Å². The van der Waals surface area contributed by atoms with E-state index in [1.807, 2.05) is 7.05 Å². The second kappa shape index (κ2) is 6.57. The molecule has 2 aliphatic rings. The number of likely N-dealkylation sites (tertiary alicyclic amines) is 1. The van der Waals surface area contributed by atoms with Gasteiger partial charge in [-0.15, -0.1) is 0 Å². The third kappa shape index (κ3) is 3.32. The minimum atomic E-state index is -0.861. The molecule has 1 aliphatic heterocycles. The summed E-state index contributed by atoms with van der Waals surface area (Å²) in [6.07, 6.45) is 8.41. The Labute approximate surface area is 120 Å². The smallest absolute Gasteiger partial charge is 0.326 e. The zero-order valence-corrected chi connectivity index (χ0v) is 12.4. The molecule has 1 amide bonds. The minimum Gasteiger partial charge on any atom is -0.480 e. The molecule has 0 spiro atoms. The molecule has 0 radical (unpaired) electrons. The number of piperidine rings is 1. The molecule has 2 fully saturated rings. The predicted molar refractivity (Wildman–Crippen MR) is 76.5 cm³/mol. The van der Waals surface area contributed by atoms with Crippen molar-refractivity contribution in [1.29, 1.82) is 0 Å². The SMILES string of the molecule is CNC1(CC(=O)N2CCCC[C@H]2C(=O)O)CCCCC1. The summed E-state index contributed by atoms with van der Waals surface area (Å²) < 4.78 is 0. The third-order valence-corrected chi connectivity index (χ3v) is 4.94. The Hall–Kier alpha value is -1.10. The van der Waals surface area contributed by atoms with Crippen LogP contribution in [0.25, 0.3) is 0 Å². The van der Waals surface area contributed by atoms with Crippen molar-refractivity contribution in [1.82, 2.24) is 10.2 Å². The van der Waals surface area contributed by atoms with Crippen LogP contribution in [0, 0.1) is 0 Å². The minimum absolute atomic E-state index is 0.00773. The molecule has 1 atom stereocenters. The molecule has 20 heavy (non-hydrogen) atoms. The van der Waals surface area contributed by atoms with Crippen LogP contribution in [-0.4, -0.2) is 47.1 Å². The maximum Gasteiger partial charge on any atom is 0.326 e. The van der Waals surface area contributed by atoms with E-state index in [0.717, 1.165) is 38.5 Å². The molecular formula is C15H26N2O3. The summed E-state index contributed by atoms with van der Waals surface area (Å²) in [5, 5.41) is 12.6. The molecular weight excluding hydrogens is 256 g/mol. The van der Waals surface area contributed by atoms with Crippen molar-refractivity contribution in [2.75, 3.05) is 13.6 Å². The Morgan fingerprint density at radius 2 is 1.90 bits per heavy atom. The van der Waals surface area contributed by atoms with Gasteiger partial charge < -0.3 is 15.3 Å². The van der Waals surface area contributed by atoms with Gasteiger partial charge in [0.05, 0.1) is 0 Å². The van der Waals surface area contributed by atoms with Gasteiger partial charge in [0.25, 0.3) is 0 Å². The van der Waals surface area contributed by atoms with Crippen LogP contribution in [0.5, 0.6) is 0 Å². The van der Waals surface area contributed by atoms with E-state index >= 15 is 0 Å². The Kier molecular flexibility index (Phi) is 5.02. The van der Waals surface area contributed by atoms with Gasteiger partial charge in [0.15, 0.2) is 0 Å². The number of hydrogen-bond acceptors (Lipinski definition) is 3. The number of hydrogen-bond donors (Lipinski definition) is 2. The molecule has 2 N–H and O–H groups in total. The molecule has 0 aromatic rings. The molecule has 114 valence electrons. The normalized spacial score (nSPS) is 26.2. The van der Waals surface area contributed by atoms with Gasteiger partial charge in [-0.05, 0) is 39.2 Å². The van der Waals surface area contributed by atoms with E-state index in [4.69, 9.17) is 0 Å². The summed E-state index contributed by atoms with van der Waals surface area (Å²) >= 11 is 0. The topological polar surface area (TPSA) is 69.6 Å². The lowest BCUT2D eigenvalue weighted by Gasteiger charge is -2.40. The zero-order chi connectivity index (χ0) is 14.6. The van der Waals surface area contributed by atoms with Crippen LogP contribution < -0.4 is 5.32 Å². The van der Waals surface area contributed by atoms with Crippen molar-refractivity contribution in [3.8, 4) is 0 Å². The van der Waals surface area contributed by atoms with Crippen LogP contribution >= 0.6 is 0 Å². The Morgan fingerprint density at radius 1 is 1.20 bits per heavy atom. The van der Waals surface area contributed by atoms with E-state index in [-0.39, 0.29) is 11.4 Å². The van der Waals surface area contributed by atoms with Gasteiger partial charge in [-0.25, -0.2) is 4.79 Å². The summed E-state index contributed by atoms with van der Waals surface area (Å²) in [5.41, 5.74) is -0.115. The molecule has 1 aliphatic carbocycles. The lowest BCUT2D eigenvalue weighted by atomic mass is 9.79. The van der Waals surface area contributed by atoms with E-state index in [2.05, 4.69) is 5.32 Å². The van der Waals surface area contributed by atoms with Gasteiger partial charge in [0.1, 0.15) is 6.04 Å². The lowest BCUT2D eigenvalue weighted by molar-refractivity contribution is -0.152. The summed E-state index contributed by atoms with van der Waals surface area (Å²) in [6.45, 7) is 0.593. The molecule has 0 aromatic heterocycles. The Morgan fingerprint density at radius 3 is 2.50 bits per heavy atom. The first-order valence-corrected chi connectivity index (χ1v) is 7.79. The van der Waals surface area contributed by atoms with E-state index in [1.54, 1.807) is 4.90 Å². The number of amides is 1. The van der Waals surface area contributed by atoms with Crippen molar-refractivity contribution < 1.29 is 14.7 Å². The largest absolute Gasteiger partial charge is 0.480 e. The van der Waals surface area contributed by atoms with Gasteiger partial charge >= 0.3 is 5.97 Å². The highest BCUT2D eigenvalue weighted by molar-refractivity contribution is 5.84. The standard InChI is InChI=1S/C15H26N2O3/c1-16-15(8-4-2-5-9-15)11-13(18)17-10-6-3-7-12(17)14(19)20/h12,16H,2-11H2,1H3,(H,19,20)/t12-/m0/s1. The highest BCUT2D eigenvalue weighted by Gasteiger charge is 2.38. The molecule has 5 nitrogen and oxygen atoms in total. The number of nitrogens with zero attached hydrogens (tertiary/aromatic N) is 1. The van der Waals surface area contributed by atoms with Crippen molar-refractivity contribution >= 4 is 11.9 Å². The average Bonchev–Trinajstić information content (AvgIpc) is 2.48. The van der Waals surface area contributed by atoms with Crippen LogP contribution in [0.15, 0.2) is 0 Å². The third-order valence-electron chi connectivity index (χ3n) is 4.94. The molecule has 1 saturated heterocycles. The Bertz CT molecular complexity index is 364. The highest BCUT2D eigenvalue weighted by Crippen LogP contribution is 2.32. The molecule has 1 saturated carbocycles. The van der Waals surface area contributed by atoms with Gasteiger partial charge in [-0.1, -0.05) is 19.3 Å². The number of carbonyl (C=O) groups excluding carboxylic acids is 1. The van der Waals surface area contributed by atoms with Gasteiger partial charge in [-0.3, -0.25) is 4.79 Å². The number of aliphatic carboxylic acids is 1. The zero-order valence-electron chi connectivity index (χ0n) is 12.4. The van der Waals surface area contributed by atoms with Crippen LogP contribution in [0.3, 0.4) is 0 Å². The summed E-state index contributed by atoms with van der Waals surface area (Å²) in [5.74, 6) is -0.853. The first kappa shape index (κ1) is 15.3. The van der Waals surface area contributed by atoms with Crippen molar-refractivity contribution in [2.24, 2.45) is 0 Å². The molecule has 0 aromatic carbocycles. The number of carboxylic acid groups (broad SMARTS) is 1. The quantitative estimate of drug-likeness (QED) is 0.824. The van der Waals surface area contributed by atoms with E-state index in [0.29, 0.717) is 19.4 Å². The van der Waals surface area contributed by atoms with E-state index < -0.39 is 12.0 Å². The average molecular weight is 282 g/mol. The number of nitrogens with one attached hydrogen (secondary N) is 1. The maximum atomic E-state index is 12.6. The first-order valence-electron chi connectivity index (χ1n) is 7.79. The molecule has 0 bridgehead atoms. The second-order valence-corrected chi connectivity index (χ2v) is 6.20. The van der Waals surface area contributed by atoms with Crippen molar-refractivity contribution in [2.45, 2.75) is 69.4 Å². The monoisotopic (exact) mass is 282 g/mol. The number of carbonyl (C=O) groups is 2. The van der Waals surface area contributed by atoms with Crippen LogP contribution in [-0.2, 0) is 9.59 Å². The summed E-state index contributed by atoms with van der Waals surface area (Å²) in [6, 6.07) is -0.617. The van der Waals surface area contributed by atoms with Crippen LogP contribution in [0.2, 0.25) is 0 Å². The number of rotatable bonds is 4. The predicted octanol–water partition coefficient (Wildman–Crippen LogP) is 1.76. The summed E-state index contributed by atoms with van der Waals surface area (Å²) in [4.78, 5) is 25.5. The fourth-order valence-corrected chi connectivity index (χ4v) is 3.62. The lowest BCUT2D eigenvalue weighted by Crippen LogP contribution is -2.53. The number of carboxylic acids is 1. The van der Waals surface area contributed by atoms with E-state index in [1.165, 1.54) is 6.42 Å². The van der Waals surface area contributed by atoms with E-state index in [9.17, 15) is 14.7 Å². The molecule has 5 heteroatoms. The van der Waals surface area contributed by atoms with Crippen LogP contribution in [0.4, 0.5) is 0 Å². The van der Waals surface area contributed by atoms with Crippen LogP contribution in [0.1, 0.15) is 57.8 Å². The fourth-order valence-electron chi connectivity index (χ4n) is 3.62. The van der Waals surface area contributed by atoms with Crippen molar-refractivity contribution in [3.63, 3.8) is 0 Å². The van der Waals surface area contributed by atoms with Gasteiger partial charge in [-0.2, -0.15) is 0 Å². The van der Waals surface area contributed by atoms with Crippen molar-refractivity contribution in [3.05, 3.63) is 0 Å². The summed E-state index contributed by atoms with van der Waals surface area (Å²) in [7, 11) is 1.92. The molecule has 2 rings (SSSR count). The maximum absolute atomic E-state index is 12.6. The molecule has 1 heterocycles. The Balaban J connectivity index is 2.03. The highest BCUT2D eigenvalue weighted by atomic mass is 16.4. The fraction of sp³-hybridized carbons (Fsp3) is 0.867. The first-order chi connectivity index (χ1) is 9.58. The second-order valence-electron chi connectivity index (χ2n) is 6.20.